The van der Waals surface area contributed by atoms with Gasteiger partial charge in [-0.1, -0.05) is 12.1 Å². The van der Waals surface area contributed by atoms with Crippen LogP contribution in [0.5, 0.6) is 0 Å². The van der Waals surface area contributed by atoms with E-state index in [0.29, 0.717) is 17.8 Å². The number of hydrogen-bond donors (Lipinski definition) is 2. The van der Waals surface area contributed by atoms with E-state index < -0.39 is 0 Å². The molecule has 2 rings (SSSR count). The van der Waals surface area contributed by atoms with Gasteiger partial charge in [0.1, 0.15) is 5.82 Å². The number of pyridine rings is 1. The lowest BCUT2D eigenvalue weighted by Crippen LogP contribution is -2.27. The summed E-state index contributed by atoms with van der Waals surface area (Å²) >= 11 is 0. The van der Waals surface area contributed by atoms with Crippen molar-refractivity contribution >= 4 is 11.6 Å². The van der Waals surface area contributed by atoms with E-state index in [-0.39, 0.29) is 17.8 Å². The molecule has 2 aromatic rings. The Balaban J connectivity index is 2.12. The Hall–Kier alpha value is -2.43. The molecule has 1 aromatic heterocycles. The van der Waals surface area contributed by atoms with Crippen molar-refractivity contribution in [3.8, 4) is 0 Å². The molecular weight excluding hydrogens is 269 g/mol. The van der Waals surface area contributed by atoms with Gasteiger partial charge in [-0.05, 0) is 37.6 Å². The van der Waals surface area contributed by atoms with Gasteiger partial charge in [0.2, 0.25) is 0 Å². The zero-order chi connectivity index (χ0) is 15.2. The van der Waals surface area contributed by atoms with Gasteiger partial charge in [-0.3, -0.25) is 9.78 Å². The maximum atomic E-state index is 12.9. The van der Waals surface area contributed by atoms with Gasteiger partial charge in [0.25, 0.3) is 5.91 Å². The van der Waals surface area contributed by atoms with Crippen LogP contribution < -0.4 is 10.6 Å². The molecule has 1 aromatic carbocycles. The van der Waals surface area contributed by atoms with Crippen LogP contribution in [0.15, 0.2) is 42.7 Å². The van der Waals surface area contributed by atoms with Crippen LogP contribution >= 0.6 is 0 Å². The Bertz CT molecular complexity index is 613. The van der Waals surface area contributed by atoms with Crippen molar-refractivity contribution in [2.24, 2.45) is 0 Å². The molecule has 2 N–H and O–H groups in total. The minimum Gasteiger partial charge on any atom is -0.383 e. The molecule has 0 aliphatic rings. The number of amides is 1. The monoisotopic (exact) mass is 287 g/mol. The van der Waals surface area contributed by atoms with Crippen LogP contribution in [-0.2, 0) is 0 Å². The van der Waals surface area contributed by atoms with E-state index >= 15 is 0 Å². The first-order chi connectivity index (χ1) is 10.1. The molecule has 0 bridgehead atoms. The molecule has 0 spiro atoms. The fourth-order valence-electron chi connectivity index (χ4n) is 2.03. The summed E-state index contributed by atoms with van der Waals surface area (Å²) in [5.41, 5.74) is 2.09. The van der Waals surface area contributed by atoms with Gasteiger partial charge in [-0.2, -0.15) is 0 Å². The second kappa shape index (κ2) is 6.83. The molecule has 1 heterocycles. The maximum absolute atomic E-state index is 12.9. The van der Waals surface area contributed by atoms with Gasteiger partial charge in [-0.25, -0.2) is 4.39 Å². The molecule has 0 aliphatic carbocycles. The third-order valence-corrected chi connectivity index (χ3v) is 3.15. The summed E-state index contributed by atoms with van der Waals surface area (Å²) in [5, 5.41) is 6.01. The number of rotatable bonds is 5. The number of aromatic nitrogens is 1. The zero-order valence-electron chi connectivity index (χ0n) is 12.1. The Kier molecular flexibility index (Phi) is 4.87. The Morgan fingerprint density at radius 1 is 1.29 bits per heavy atom. The standard InChI is InChI=1S/C16H18FN3O/c1-3-19-15-10-18-9-8-14(15)16(21)20-11(2)12-4-6-13(17)7-5-12/h4-11,19H,3H2,1-2H3,(H,20,21). The van der Waals surface area contributed by atoms with Crippen LogP contribution in [-0.4, -0.2) is 17.4 Å². The van der Waals surface area contributed by atoms with E-state index in [2.05, 4.69) is 15.6 Å². The van der Waals surface area contributed by atoms with E-state index in [1.165, 1.54) is 12.1 Å². The lowest BCUT2D eigenvalue weighted by Gasteiger charge is -2.16. The summed E-state index contributed by atoms with van der Waals surface area (Å²) in [6.07, 6.45) is 3.21. The minimum atomic E-state index is -0.291. The number of carbonyl (C=O) groups is 1. The van der Waals surface area contributed by atoms with Crippen LogP contribution in [0.1, 0.15) is 35.8 Å². The topological polar surface area (TPSA) is 54.0 Å². The summed E-state index contributed by atoms with van der Waals surface area (Å²) in [4.78, 5) is 16.3. The predicted molar refractivity (Wildman–Crippen MR) is 80.7 cm³/mol. The fourth-order valence-corrected chi connectivity index (χ4v) is 2.03. The zero-order valence-corrected chi connectivity index (χ0v) is 12.1. The molecule has 1 amide bonds. The number of benzene rings is 1. The van der Waals surface area contributed by atoms with E-state index in [9.17, 15) is 9.18 Å². The molecule has 5 heteroatoms. The van der Waals surface area contributed by atoms with E-state index in [4.69, 9.17) is 0 Å². The van der Waals surface area contributed by atoms with E-state index in [1.807, 2.05) is 13.8 Å². The normalized spacial score (nSPS) is 11.8. The van der Waals surface area contributed by atoms with Crippen LogP contribution in [0, 0.1) is 5.82 Å². The number of nitrogens with one attached hydrogen (secondary N) is 2. The van der Waals surface area contributed by atoms with Gasteiger partial charge in [0.15, 0.2) is 0 Å². The van der Waals surface area contributed by atoms with Crippen LogP contribution in [0.4, 0.5) is 10.1 Å². The maximum Gasteiger partial charge on any atom is 0.253 e. The van der Waals surface area contributed by atoms with Crippen molar-refractivity contribution in [2.75, 3.05) is 11.9 Å². The third-order valence-electron chi connectivity index (χ3n) is 3.15. The molecule has 1 unspecified atom stereocenters. The molecule has 4 nitrogen and oxygen atoms in total. The van der Waals surface area contributed by atoms with E-state index in [0.717, 1.165) is 5.56 Å². The Morgan fingerprint density at radius 3 is 2.67 bits per heavy atom. The molecule has 0 radical (unpaired) electrons. The Labute approximate surface area is 123 Å². The summed E-state index contributed by atoms with van der Waals surface area (Å²) in [5.74, 6) is -0.481. The van der Waals surface area contributed by atoms with Crippen molar-refractivity contribution in [1.82, 2.24) is 10.3 Å². The summed E-state index contributed by atoms with van der Waals surface area (Å²) < 4.78 is 12.9. The van der Waals surface area contributed by atoms with Gasteiger partial charge in [0, 0.05) is 12.7 Å². The van der Waals surface area contributed by atoms with Crippen molar-refractivity contribution in [3.05, 3.63) is 59.7 Å². The summed E-state index contributed by atoms with van der Waals surface area (Å²) in [7, 11) is 0. The highest BCUT2D eigenvalue weighted by Crippen LogP contribution is 2.17. The molecule has 21 heavy (non-hydrogen) atoms. The van der Waals surface area contributed by atoms with Gasteiger partial charge in [0.05, 0.1) is 23.5 Å². The van der Waals surface area contributed by atoms with Crippen molar-refractivity contribution in [3.63, 3.8) is 0 Å². The second-order valence-corrected chi connectivity index (χ2v) is 4.70. The van der Waals surface area contributed by atoms with Gasteiger partial charge < -0.3 is 10.6 Å². The smallest absolute Gasteiger partial charge is 0.253 e. The number of carbonyl (C=O) groups excluding carboxylic acids is 1. The van der Waals surface area contributed by atoms with Crippen LogP contribution in [0.3, 0.4) is 0 Å². The Morgan fingerprint density at radius 2 is 2.00 bits per heavy atom. The van der Waals surface area contributed by atoms with Gasteiger partial charge >= 0.3 is 0 Å². The lowest BCUT2D eigenvalue weighted by atomic mass is 10.1. The SMILES string of the molecule is CCNc1cnccc1C(=O)NC(C)c1ccc(F)cc1. The largest absolute Gasteiger partial charge is 0.383 e. The number of halogens is 1. The molecule has 110 valence electrons. The summed E-state index contributed by atoms with van der Waals surface area (Å²) in [6, 6.07) is 7.56. The molecule has 0 fully saturated rings. The highest BCUT2D eigenvalue weighted by molar-refractivity contribution is 5.99. The number of hydrogen-bond acceptors (Lipinski definition) is 3. The average Bonchev–Trinajstić information content (AvgIpc) is 2.48. The minimum absolute atomic E-state index is 0.190. The highest BCUT2D eigenvalue weighted by Gasteiger charge is 2.14. The first-order valence-corrected chi connectivity index (χ1v) is 6.86. The van der Waals surface area contributed by atoms with Crippen molar-refractivity contribution in [1.29, 1.82) is 0 Å². The first kappa shape index (κ1) is 15.0. The quantitative estimate of drug-likeness (QED) is 0.888. The summed E-state index contributed by atoms with van der Waals surface area (Å²) in [6.45, 7) is 4.52. The first-order valence-electron chi connectivity index (χ1n) is 6.86. The van der Waals surface area contributed by atoms with Gasteiger partial charge in [-0.15, -0.1) is 0 Å². The molecule has 1 atom stereocenters. The van der Waals surface area contributed by atoms with E-state index in [1.54, 1.807) is 30.6 Å². The molecule has 0 saturated carbocycles. The number of nitrogens with zero attached hydrogens (tertiary/aromatic N) is 1. The average molecular weight is 287 g/mol. The fraction of sp³-hybridized carbons (Fsp3) is 0.250. The van der Waals surface area contributed by atoms with Crippen molar-refractivity contribution in [2.45, 2.75) is 19.9 Å². The predicted octanol–water partition coefficient (Wildman–Crippen LogP) is 3.14. The van der Waals surface area contributed by atoms with Crippen LogP contribution in [0.2, 0.25) is 0 Å². The van der Waals surface area contributed by atoms with Crippen LogP contribution in [0.25, 0.3) is 0 Å². The second-order valence-electron chi connectivity index (χ2n) is 4.70. The number of anilines is 1. The molecular formula is C16H18FN3O. The van der Waals surface area contributed by atoms with Crippen molar-refractivity contribution < 1.29 is 9.18 Å². The molecule has 0 saturated heterocycles. The highest BCUT2D eigenvalue weighted by atomic mass is 19.1. The molecule has 0 aliphatic heterocycles. The third kappa shape index (κ3) is 3.78. The lowest BCUT2D eigenvalue weighted by molar-refractivity contribution is 0.0940.